The second-order valence-electron chi connectivity index (χ2n) is 9.48. The number of hydrogen-bond donors (Lipinski definition) is 0. The van der Waals surface area contributed by atoms with Gasteiger partial charge in [0.15, 0.2) is 0 Å². The Hall–Kier alpha value is -1.79. The Morgan fingerprint density at radius 3 is 2.67 bits per heavy atom. The first kappa shape index (κ1) is 16.2. The number of rotatable bonds is 2. The Morgan fingerprint density at radius 2 is 1.96 bits per heavy atom. The maximum atomic E-state index is 12.2. The molecule has 1 saturated heterocycles. The number of carbonyl (C=O) groups excluding carboxylic acids is 1. The van der Waals surface area contributed by atoms with Gasteiger partial charge in [0.05, 0.1) is 11.2 Å². The van der Waals surface area contributed by atoms with Gasteiger partial charge >= 0.3 is 13.1 Å². The molecule has 0 amide bonds. The standard InChI is InChI=1S/C21H23BO5/c1-18(2)24-16-12(6-5-7-14(16)17(23)25-18)8-9-22-26-20(4)15-10-13-11-21(20,27-22)19(13,15)3/h5-9,13,15H,10-11H2,1-4H3/b9-8-/t13?,15?,19?,20-,21?/m0/s1. The SMILES string of the molecule is CC1(C)OC(=O)c2cccc(/C=C\B3OC45CC6CC(C64C)[C@]5(C)O3)c2O1. The number of benzene rings is 1. The molecule has 1 spiro atoms. The molecule has 5 aliphatic rings. The number of hydrogen-bond acceptors (Lipinski definition) is 5. The minimum atomic E-state index is -0.978. The van der Waals surface area contributed by atoms with Crippen molar-refractivity contribution < 1.29 is 23.6 Å². The van der Waals surface area contributed by atoms with Crippen LogP contribution in [-0.2, 0) is 14.0 Å². The van der Waals surface area contributed by atoms with Gasteiger partial charge < -0.3 is 18.8 Å². The molecule has 1 aromatic rings. The Morgan fingerprint density at radius 1 is 1.15 bits per heavy atom. The van der Waals surface area contributed by atoms with E-state index in [1.165, 1.54) is 6.42 Å². The monoisotopic (exact) mass is 366 g/mol. The van der Waals surface area contributed by atoms with Gasteiger partial charge in [0.25, 0.3) is 0 Å². The molecule has 5 atom stereocenters. The van der Waals surface area contributed by atoms with Crippen LogP contribution in [0, 0.1) is 17.3 Å². The fourth-order valence-corrected chi connectivity index (χ4v) is 6.68. The summed E-state index contributed by atoms with van der Waals surface area (Å²) < 4.78 is 24.0. The zero-order chi connectivity index (χ0) is 18.8. The Balaban J connectivity index is 1.29. The molecule has 4 unspecified atom stereocenters. The van der Waals surface area contributed by atoms with Crippen molar-refractivity contribution in [3.8, 4) is 5.75 Å². The van der Waals surface area contributed by atoms with Crippen LogP contribution in [0.25, 0.3) is 6.08 Å². The van der Waals surface area contributed by atoms with E-state index in [1.807, 2.05) is 24.2 Å². The molecule has 27 heavy (non-hydrogen) atoms. The fourth-order valence-electron chi connectivity index (χ4n) is 6.68. The van der Waals surface area contributed by atoms with Crippen LogP contribution in [0.4, 0.5) is 0 Å². The van der Waals surface area contributed by atoms with E-state index in [0.29, 0.717) is 22.6 Å². The summed E-state index contributed by atoms with van der Waals surface area (Å²) in [7, 11) is -0.363. The van der Waals surface area contributed by atoms with Crippen molar-refractivity contribution >= 4 is 19.2 Å². The highest BCUT2D eigenvalue weighted by molar-refractivity contribution is 6.52. The van der Waals surface area contributed by atoms with Crippen molar-refractivity contribution in [3.05, 3.63) is 35.3 Å². The molecule has 140 valence electrons. The topological polar surface area (TPSA) is 54.0 Å². The highest BCUT2D eigenvalue weighted by Gasteiger charge is 2.93. The minimum Gasteiger partial charge on any atom is -0.451 e. The largest absolute Gasteiger partial charge is 0.487 e. The molecule has 2 heterocycles. The van der Waals surface area contributed by atoms with E-state index >= 15 is 0 Å². The van der Waals surface area contributed by atoms with Gasteiger partial charge in [-0.3, -0.25) is 0 Å². The zero-order valence-corrected chi connectivity index (χ0v) is 16.1. The van der Waals surface area contributed by atoms with Gasteiger partial charge in [-0.25, -0.2) is 4.79 Å². The Labute approximate surface area is 159 Å². The van der Waals surface area contributed by atoms with E-state index in [2.05, 4.69) is 13.8 Å². The summed E-state index contributed by atoms with van der Waals surface area (Å²) in [5.41, 5.74) is 1.31. The Bertz CT molecular complexity index is 925. The lowest BCUT2D eigenvalue weighted by Crippen LogP contribution is -2.92. The quantitative estimate of drug-likeness (QED) is 0.591. The first-order valence-corrected chi connectivity index (χ1v) is 9.79. The number of para-hydroxylation sites is 1. The van der Waals surface area contributed by atoms with Gasteiger partial charge in [-0.05, 0) is 37.7 Å². The molecule has 0 aromatic heterocycles. The lowest BCUT2D eigenvalue weighted by atomic mass is 9.21. The maximum absolute atomic E-state index is 12.2. The third kappa shape index (κ3) is 1.61. The highest BCUT2D eigenvalue weighted by atomic mass is 16.7. The summed E-state index contributed by atoms with van der Waals surface area (Å²) >= 11 is 0. The smallest absolute Gasteiger partial charge is 0.451 e. The maximum Gasteiger partial charge on any atom is 0.487 e. The second kappa shape index (κ2) is 4.44. The van der Waals surface area contributed by atoms with Crippen molar-refractivity contribution in [1.82, 2.24) is 0 Å². The molecule has 6 heteroatoms. The van der Waals surface area contributed by atoms with E-state index in [-0.39, 0.29) is 24.3 Å². The van der Waals surface area contributed by atoms with Crippen molar-refractivity contribution in [1.29, 1.82) is 0 Å². The van der Waals surface area contributed by atoms with Crippen LogP contribution in [0.2, 0.25) is 0 Å². The first-order valence-electron chi connectivity index (χ1n) is 9.79. The summed E-state index contributed by atoms with van der Waals surface area (Å²) in [6, 6.07) is 5.48. The molecule has 1 aromatic carbocycles. The first-order chi connectivity index (χ1) is 12.7. The van der Waals surface area contributed by atoms with Gasteiger partial charge in [-0.2, -0.15) is 0 Å². The number of fused-ring (bicyclic) bond motifs is 2. The average Bonchev–Trinajstić information content (AvgIpc) is 2.91. The van der Waals surface area contributed by atoms with Crippen LogP contribution >= 0.6 is 0 Å². The van der Waals surface area contributed by atoms with Crippen molar-refractivity contribution in [3.63, 3.8) is 0 Å². The van der Waals surface area contributed by atoms with Gasteiger partial charge in [-0.1, -0.05) is 31.1 Å². The normalized spacial score (nSPS) is 44.9. The van der Waals surface area contributed by atoms with E-state index in [9.17, 15) is 4.79 Å². The molecule has 3 saturated carbocycles. The number of cyclic esters (lactones) is 1. The second-order valence-corrected chi connectivity index (χ2v) is 9.48. The van der Waals surface area contributed by atoms with Gasteiger partial charge in [0.2, 0.25) is 5.79 Å². The molecule has 6 rings (SSSR count). The van der Waals surface area contributed by atoms with Crippen LogP contribution < -0.4 is 4.74 Å². The lowest BCUT2D eigenvalue weighted by molar-refractivity contribution is -0.429. The summed E-state index contributed by atoms with van der Waals surface area (Å²) in [6.07, 6.45) is 4.32. The van der Waals surface area contributed by atoms with E-state index < -0.39 is 5.79 Å². The average molecular weight is 366 g/mol. The number of esters is 1. The van der Waals surface area contributed by atoms with Crippen LogP contribution in [-0.4, -0.2) is 30.1 Å². The predicted molar refractivity (Wildman–Crippen MR) is 99.0 cm³/mol. The minimum absolute atomic E-state index is 0.110. The third-order valence-electron chi connectivity index (χ3n) is 8.03. The van der Waals surface area contributed by atoms with E-state index in [0.717, 1.165) is 17.9 Å². The summed E-state index contributed by atoms with van der Waals surface area (Å²) in [5.74, 6) is 2.58. The van der Waals surface area contributed by atoms with Gasteiger partial charge in [0.1, 0.15) is 11.3 Å². The summed E-state index contributed by atoms with van der Waals surface area (Å²) in [4.78, 5) is 12.2. The molecule has 0 radical (unpaired) electrons. The third-order valence-corrected chi connectivity index (χ3v) is 8.03. The highest BCUT2D eigenvalue weighted by Crippen LogP contribution is 2.87. The Kier molecular flexibility index (Phi) is 2.66. The summed E-state index contributed by atoms with van der Waals surface area (Å²) in [6.45, 7) is 8.05. The van der Waals surface area contributed by atoms with E-state index in [1.54, 1.807) is 19.9 Å². The van der Waals surface area contributed by atoms with Gasteiger partial charge in [-0.15, -0.1) is 0 Å². The fraction of sp³-hybridized carbons (Fsp3) is 0.571. The molecule has 5 nitrogen and oxygen atoms in total. The van der Waals surface area contributed by atoms with Crippen LogP contribution in [0.15, 0.2) is 24.2 Å². The number of carbonyl (C=O) groups is 1. The molecule has 3 aliphatic carbocycles. The molecule has 0 bridgehead atoms. The number of ether oxygens (including phenoxy) is 2. The van der Waals surface area contributed by atoms with Crippen molar-refractivity contribution in [2.75, 3.05) is 0 Å². The van der Waals surface area contributed by atoms with Crippen LogP contribution in [0.5, 0.6) is 5.75 Å². The summed E-state index contributed by atoms with van der Waals surface area (Å²) in [5, 5.41) is 0. The molecule has 4 fully saturated rings. The molecular formula is C21H23BO5. The van der Waals surface area contributed by atoms with Crippen LogP contribution in [0.1, 0.15) is 56.5 Å². The predicted octanol–water partition coefficient (Wildman–Crippen LogP) is 3.62. The molecular weight excluding hydrogens is 343 g/mol. The van der Waals surface area contributed by atoms with Gasteiger partial charge in [0, 0.05) is 24.8 Å². The van der Waals surface area contributed by atoms with E-state index in [4.69, 9.17) is 18.8 Å². The van der Waals surface area contributed by atoms with Crippen molar-refractivity contribution in [2.45, 2.75) is 57.5 Å². The van der Waals surface area contributed by atoms with Crippen molar-refractivity contribution in [2.24, 2.45) is 17.3 Å². The molecule has 2 aliphatic heterocycles. The lowest BCUT2D eigenvalue weighted by Gasteiger charge is -2.87. The molecule has 0 N–H and O–H groups in total. The van der Waals surface area contributed by atoms with Crippen LogP contribution in [0.3, 0.4) is 0 Å². The zero-order valence-electron chi connectivity index (χ0n) is 16.1.